The summed E-state index contributed by atoms with van der Waals surface area (Å²) < 4.78 is 0. The summed E-state index contributed by atoms with van der Waals surface area (Å²) >= 11 is 5.91. The second kappa shape index (κ2) is 6.13. The van der Waals surface area contributed by atoms with Gasteiger partial charge in [-0.25, -0.2) is 0 Å². The first-order valence-electron chi connectivity index (χ1n) is 6.58. The number of halogens is 1. The molecule has 0 aromatic heterocycles. The Morgan fingerprint density at radius 2 is 1.95 bits per heavy atom. The molecule has 2 rings (SSSR count). The summed E-state index contributed by atoms with van der Waals surface area (Å²) in [6.07, 6.45) is 1.36. The van der Waals surface area contributed by atoms with Crippen molar-refractivity contribution in [2.45, 2.75) is 12.8 Å². The summed E-state index contributed by atoms with van der Waals surface area (Å²) in [7, 11) is 1.63. The van der Waals surface area contributed by atoms with Gasteiger partial charge in [-0.05, 0) is 31.0 Å². The van der Waals surface area contributed by atoms with Crippen molar-refractivity contribution in [3.8, 4) is 0 Å². The largest absolute Gasteiger partial charge is 0.399 e. The van der Waals surface area contributed by atoms with Crippen LogP contribution in [0.15, 0.2) is 18.2 Å². The third kappa shape index (κ3) is 3.22. The number of carbonyl (C=O) groups is 2. The second-order valence-electron chi connectivity index (χ2n) is 4.95. The summed E-state index contributed by atoms with van der Waals surface area (Å²) in [6, 6.07) is 4.85. The number of anilines is 1. The Labute approximate surface area is 123 Å². The maximum atomic E-state index is 12.4. The number of hydrogen-bond donors (Lipinski definition) is 2. The first-order chi connectivity index (χ1) is 9.51. The van der Waals surface area contributed by atoms with Gasteiger partial charge in [-0.3, -0.25) is 9.59 Å². The molecule has 20 heavy (non-hydrogen) atoms. The summed E-state index contributed by atoms with van der Waals surface area (Å²) in [6.45, 7) is 1.15. The normalized spacial score (nSPS) is 16.0. The van der Waals surface area contributed by atoms with E-state index >= 15 is 0 Å². The SMILES string of the molecule is CNC(=O)C1CCN(C(=O)c2cc(N)cc(Cl)c2)CC1. The number of nitrogens with one attached hydrogen (secondary N) is 1. The zero-order valence-corrected chi connectivity index (χ0v) is 12.1. The van der Waals surface area contributed by atoms with Crippen molar-refractivity contribution in [3.05, 3.63) is 28.8 Å². The van der Waals surface area contributed by atoms with E-state index in [-0.39, 0.29) is 17.7 Å². The maximum Gasteiger partial charge on any atom is 0.253 e. The molecule has 1 aromatic carbocycles. The molecule has 108 valence electrons. The summed E-state index contributed by atoms with van der Waals surface area (Å²) in [5.41, 5.74) is 6.67. The van der Waals surface area contributed by atoms with Gasteiger partial charge < -0.3 is 16.0 Å². The van der Waals surface area contributed by atoms with E-state index in [0.29, 0.717) is 42.2 Å². The zero-order chi connectivity index (χ0) is 14.7. The van der Waals surface area contributed by atoms with Crippen LogP contribution in [0, 0.1) is 5.92 Å². The summed E-state index contributed by atoms with van der Waals surface area (Å²) in [5, 5.41) is 3.10. The molecule has 0 atom stereocenters. The molecular weight excluding hydrogens is 278 g/mol. The number of nitrogens with zero attached hydrogens (tertiary/aromatic N) is 1. The standard InChI is InChI=1S/C14H18ClN3O2/c1-17-13(19)9-2-4-18(5-3-9)14(20)10-6-11(15)8-12(16)7-10/h6-9H,2-5,16H2,1H3,(H,17,19). The second-order valence-corrected chi connectivity index (χ2v) is 5.39. The average Bonchev–Trinajstić information content (AvgIpc) is 2.45. The van der Waals surface area contributed by atoms with E-state index in [9.17, 15) is 9.59 Å². The molecule has 0 spiro atoms. The minimum atomic E-state index is -0.0884. The number of piperidine rings is 1. The van der Waals surface area contributed by atoms with Gasteiger partial charge in [0.15, 0.2) is 0 Å². The van der Waals surface area contributed by atoms with E-state index < -0.39 is 0 Å². The zero-order valence-electron chi connectivity index (χ0n) is 11.4. The average molecular weight is 296 g/mol. The molecule has 6 heteroatoms. The molecule has 1 aliphatic heterocycles. The van der Waals surface area contributed by atoms with Crippen LogP contribution in [0.5, 0.6) is 0 Å². The Morgan fingerprint density at radius 3 is 2.50 bits per heavy atom. The predicted molar refractivity (Wildman–Crippen MR) is 78.6 cm³/mol. The van der Waals surface area contributed by atoms with Gasteiger partial charge in [-0.1, -0.05) is 11.6 Å². The van der Waals surface area contributed by atoms with Crippen LogP contribution in [0.2, 0.25) is 5.02 Å². The lowest BCUT2D eigenvalue weighted by Crippen LogP contribution is -2.42. The molecule has 3 N–H and O–H groups in total. The molecule has 0 unspecified atom stereocenters. The molecule has 2 amide bonds. The fraction of sp³-hybridized carbons (Fsp3) is 0.429. The van der Waals surface area contributed by atoms with Crippen molar-refractivity contribution in [2.24, 2.45) is 5.92 Å². The van der Waals surface area contributed by atoms with Crippen LogP contribution in [0.1, 0.15) is 23.2 Å². The summed E-state index contributed by atoms with van der Waals surface area (Å²) in [4.78, 5) is 25.7. The smallest absolute Gasteiger partial charge is 0.253 e. The van der Waals surface area contributed by atoms with Gasteiger partial charge in [0.2, 0.25) is 5.91 Å². The van der Waals surface area contributed by atoms with Crippen molar-refractivity contribution in [1.29, 1.82) is 0 Å². The predicted octanol–water partition coefficient (Wildman–Crippen LogP) is 1.52. The monoisotopic (exact) mass is 295 g/mol. The highest BCUT2D eigenvalue weighted by molar-refractivity contribution is 6.31. The number of nitrogens with two attached hydrogens (primary N) is 1. The molecule has 0 saturated carbocycles. The number of hydrogen-bond acceptors (Lipinski definition) is 3. The highest BCUT2D eigenvalue weighted by Crippen LogP contribution is 2.22. The van der Waals surface area contributed by atoms with Gasteiger partial charge >= 0.3 is 0 Å². The lowest BCUT2D eigenvalue weighted by molar-refractivity contribution is -0.125. The van der Waals surface area contributed by atoms with Crippen molar-refractivity contribution >= 4 is 29.1 Å². The van der Waals surface area contributed by atoms with Gasteiger partial charge in [0.1, 0.15) is 0 Å². The molecule has 5 nitrogen and oxygen atoms in total. The number of rotatable bonds is 2. The first-order valence-corrected chi connectivity index (χ1v) is 6.96. The van der Waals surface area contributed by atoms with Crippen molar-refractivity contribution in [1.82, 2.24) is 10.2 Å². The van der Waals surface area contributed by atoms with Crippen LogP contribution in [0.25, 0.3) is 0 Å². The van der Waals surface area contributed by atoms with Crippen LogP contribution in [0.3, 0.4) is 0 Å². The quantitative estimate of drug-likeness (QED) is 0.812. The van der Waals surface area contributed by atoms with E-state index in [1.54, 1.807) is 30.1 Å². The molecule has 0 aliphatic carbocycles. The first kappa shape index (κ1) is 14.7. The Bertz CT molecular complexity index is 505. The van der Waals surface area contributed by atoms with Crippen LogP contribution in [-0.2, 0) is 4.79 Å². The van der Waals surface area contributed by atoms with Gasteiger partial charge in [-0.2, -0.15) is 0 Å². The highest BCUT2D eigenvalue weighted by atomic mass is 35.5. The molecule has 1 saturated heterocycles. The number of amides is 2. The minimum absolute atomic E-state index is 0.00604. The fourth-order valence-corrected chi connectivity index (χ4v) is 2.71. The number of nitrogen functional groups attached to an aromatic ring is 1. The number of benzene rings is 1. The highest BCUT2D eigenvalue weighted by Gasteiger charge is 2.27. The van der Waals surface area contributed by atoms with Gasteiger partial charge in [0.05, 0.1) is 0 Å². The third-order valence-corrected chi connectivity index (χ3v) is 3.78. The molecule has 0 radical (unpaired) electrons. The van der Waals surface area contributed by atoms with Crippen LogP contribution < -0.4 is 11.1 Å². The molecule has 1 aromatic rings. The van der Waals surface area contributed by atoms with E-state index in [1.165, 1.54) is 0 Å². The van der Waals surface area contributed by atoms with Crippen molar-refractivity contribution < 1.29 is 9.59 Å². The third-order valence-electron chi connectivity index (χ3n) is 3.57. The van der Waals surface area contributed by atoms with E-state index in [2.05, 4.69) is 5.32 Å². The van der Waals surface area contributed by atoms with Gasteiger partial charge in [0, 0.05) is 42.3 Å². The maximum absolute atomic E-state index is 12.4. The Morgan fingerprint density at radius 1 is 1.30 bits per heavy atom. The topological polar surface area (TPSA) is 75.4 Å². The Kier molecular flexibility index (Phi) is 4.49. The van der Waals surface area contributed by atoms with Crippen molar-refractivity contribution in [2.75, 3.05) is 25.9 Å². The fourth-order valence-electron chi connectivity index (χ4n) is 2.47. The van der Waals surface area contributed by atoms with E-state index in [1.807, 2.05) is 0 Å². The Balaban J connectivity index is 2.03. The molecule has 1 aliphatic rings. The number of carbonyl (C=O) groups excluding carboxylic acids is 2. The van der Waals surface area contributed by atoms with Crippen molar-refractivity contribution in [3.63, 3.8) is 0 Å². The minimum Gasteiger partial charge on any atom is -0.399 e. The lowest BCUT2D eigenvalue weighted by Gasteiger charge is -2.31. The van der Waals surface area contributed by atoms with E-state index in [0.717, 1.165) is 0 Å². The molecule has 1 heterocycles. The van der Waals surface area contributed by atoms with Gasteiger partial charge in [0.25, 0.3) is 5.91 Å². The van der Waals surface area contributed by atoms with Crippen LogP contribution in [-0.4, -0.2) is 36.9 Å². The van der Waals surface area contributed by atoms with Crippen LogP contribution in [0.4, 0.5) is 5.69 Å². The van der Waals surface area contributed by atoms with Crippen LogP contribution >= 0.6 is 11.6 Å². The lowest BCUT2D eigenvalue weighted by atomic mass is 9.95. The van der Waals surface area contributed by atoms with Gasteiger partial charge in [-0.15, -0.1) is 0 Å². The molecule has 0 bridgehead atoms. The summed E-state index contributed by atoms with van der Waals surface area (Å²) in [5.74, 6) is -0.0489. The molecular formula is C14H18ClN3O2. The van der Waals surface area contributed by atoms with E-state index in [4.69, 9.17) is 17.3 Å². The Hall–Kier alpha value is -1.75. The number of likely N-dealkylation sites (tertiary alicyclic amines) is 1. The molecule has 1 fully saturated rings.